The first-order valence-corrected chi connectivity index (χ1v) is 11.7. The summed E-state index contributed by atoms with van der Waals surface area (Å²) < 4.78 is 55.2. The molecule has 1 N–H and O–H groups in total. The Kier molecular flexibility index (Phi) is 7.85. The van der Waals surface area contributed by atoms with Gasteiger partial charge in [-0.15, -0.1) is 0 Å². The number of alkyl halides is 3. The second kappa shape index (κ2) is 10.3. The lowest BCUT2D eigenvalue weighted by molar-refractivity contribution is -0.169. The summed E-state index contributed by atoms with van der Waals surface area (Å²) >= 11 is 0. The molecule has 1 amide bonds. The van der Waals surface area contributed by atoms with Crippen LogP contribution >= 0.6 is 0 Å². The number of rotatable bonds is 7. The smallest absolute Gasteiger partial charge is 0.350 e. The average Bonchev–Trinajstić information content (AvgIpc) is 3.09. The Labute approximate surface area is 192 Å². The molecule has 33 heavy (non-hydrogen) atoms. The topological polar surface area (TPSA) is 46.9 Å². The normalized spacial score (nSPS) is 20.0. The molecule has 0 spiro atoms. The highest BCUT2D eigenvalue weighted by Crippen LogP contribution is 2.30. The van der Waals surface area contributed by atoms with Crippen molar-refractivity contribution in [2.45, 2.75) is 72.4 Å². The Morgan fingerprint density at radius 3 is 2.48 bits per heavy atom. The number of aromatic nitrogens is 2. The molecule has 1 unspecified atom stereocenters. The molecule has 1 fully saturated rings. The molecule has 4 nitrogen and oxygen atoms in total. The average molecular weight is 468 g/mol. The molecular weight excluding hydrogens is 434 g/mol. The van der Waals surface area contributed by atoms with Crippen LogP contribution in [0.15, 0.2) is 18.2 Å². The zero-order valence-corrected chi connectivity index (χ0v) is 19.7. The van der Waals surface area contributed by atoms with E-state index in [9.17, 15) is 22.4 Å². The number of hydrogen-bond acceptors (Lipinski definition) is 2. The van der Waals surface area contributed by atoms with Crippen molar-refractivity contribution in [1.82, 2.24) is 14.9 Å². The Morgan fingerprint density at radius 2 is 1.91 bits per heavy atom. The molecule has 0 aliphatic heterocycles. The van der Waals surface area contributed by atoms with Crippen LogP contribution in [0.1, 0.15) is 74.0 Å². The van der Waals surface area contributed by atoms with E-state index in [0.717, 1.165) is 31.7 Å². The minimum absolute atomic E-state index is 0.181. The fraction of sp³-hybridized carbons (Fsp3) is 0.600. The van der Waals surface area contributed by atoms with E-state index in [-0.39, 0.29) is 29.3 Å². The number of aryl methyl sites for hydroxylation is 1. The number of benzene rings is 1. The summed E-state index contributed by atoms with van der Waals surface area (Å²) in [5.41, 5.74) is 1.22. The van der Waals surface area contributed by atoms with Crippen molar-refractivity contribution in [2.75, 3.05) is 6.54 Å². The summed E-state index contributed by atoms with van der Waals surface area (Å²) in [7, 11) is 0. The predicted molar refractivity (Wildman–Crippen MR) is 120 cm³/mol. The second-order valence-corrected chi connectivity index (χ2v) is 9.42. The molecule has 1 aliphatic carbocycles. The number of nitrogens with one attached hydrogen (secondary N) is 1. The molecule has 0 bridgehead atoms. The quantitative estimate of drug-likeness (QED) is 0.495. The number of hydrogen-bond donors (Lipinski definition) is 1. The number of halogens is 4. The highest BCUT2D eigenvalue weighted by Gasteiger charge is 2.35. The van der Waals surface area contributed by atoms with E-state index in [1.54, 1.807) is 11.5 Å². The molecule has 0 saturated heterocycles. The highest BCUT2D eigenvalue weighted by molar-refractivity contribution is 5.93. The first-order chi connectivity index (χ1) is 15.5. The second-order valence-electron chi connectivity index (χ2n) is 9.42. The van der Waals surface area contributed by atoms with Crippen LogP contribution in [-0.2, 0) is 12.8 Å². The van der Waals surface area contributed by atoms with Gasteiger partial charge in [-0.2, -0.15) is 13.2 Å². The van der Waals surface area contributed by atoms with Crippen molar-refractivity contribution >= 4 is 5.91 Å². The lowest BCUT2D eigenvalue weighted by Gasteiger charge is -2.26. The molecule has 1 heterocycles. The van der Waals surface area contributed by atoms with Gasteiger partial charge >= 0.3 is 6.18 Å². The van der Waals surface area contributed by atoms with Gasteiger partial charge in [-0.3, -0.25) is 9.36 Å². The van der Waals surface area contributed by atoms with Gasteiger partial charge in [0.15, 0.2) is 0 Å². The Morgan fingerprint density at radius 1 is 1.24 bits per heavy atom. The van der Waals surface area contributed by atoms with E-state index in [4.69, 9.17) is 0 Å². The summed E-state index contributed by atoms with van der Waals surface area (Å²) in [5.74, 6) is -0.760. The third kappa shape index (κ3) is 5.95. The van der Waals surface area contributed by atoms with Crippen LogP contribution in [0.4, 0.5) is 17.6 Å². The maximum absolute atomic E-state index is 15.0. The Bertz CT molecular complexity index is 975. The van der Waals surface area contributed by atoms with Gasteiger partial charge in [0.25, 0.3) is 5.91 Å². The van der Waals surface area contributed by atoms with Gasteiger partial charge in [-0.25, -0.2) is 9.37 Å². The molecule has 1 atom stereocenters. The van der Waals surface area contributed by atoms with E-state index in [1.807, 2.05) is 6.92 Å². The largest absolute Gasteiger partial charge is 0.391 e. The minimum atomic E-state index is -4.33. The summed E-state index contributed by atoms with van der Waals surface area (Å²) in [6.45, 7) is 7.50. The molecule has 3 rings (SSSR count). The lowest BCUT2D eigenvalue weighted by Crippen LogP contribution is -2.31. The van der Waals surface area contributed by atoms with Crippen LogP contribution in [0.3, 0.4) is 0 Å². The van der Waals surface area contributed by atoms with E-state index in [0.29, 0.717) is 30.4 Å². The third-order valence-electron chi connectivity index (χ3n) is 6.75. The van der Waals surface area contributed by atoms with E-state index < -0.39 is 17.9 Å². The molecule has 1 aromatic heterocycles. The van der Waals surface area contributed by atoms with E-state index >= 15 is 0 Å². The highest BCUT2D eigenvalue weighted by atomic mass is 19.4. The SMILES string of the molecule is CCc1nc(C(=O)NCC2CCC(C)CC2)c(C)n1-c1ccc(CC(C)C(F)(F)F)cc1F. The number of imidazole rings is 1. The lowest BCUT2D eigenvalue weighted by atomic mass is 9.83. The van der Waals surface area contributed by atoms with Gasteiger partial charge in [-0.1, -0.05) is 39.7 Å². The fourth-order valence-corrected chi connectivity index (χ4v) is 4.51. The van der Waals surface area contributed by atoms with Gasteiger partial charge in [0.2, 0.25) is 0 Å². The Balaban J connectivity index is 1.79. The monoisotopic (exact) mass is 467 g/mol. The van der Waals surface area contributed by atoms with Crippen LogP contribution in [0.5, 0.6) is 0 Å². The van der Waals surface area contributed by atoms with Gasteiger partial charge in [0.1, 0.15) is 17.3 Å². The molecule has 2 aromatic rings. The summed E-state index contributed by atoms with van der Waals surface area (Å²) in [5, 5.41) is 2.98. The zero-order chi connectivity index (χ0) is 24.3. The molecule has 1 saturated carbocycles. The van der Waals surface area contributed by atoms with Crippen LogP contribution in [0.25, 0.3) is 5.69 Å². The standard InChI is InChI=1S/C25H33F4N3O/c1-5-22-31-23(24(33)30-14-18-8-6-15(2)7-9-18)17(4)32(22)21-11-10-19(13-20(21)26)12-16(3)25(27,28)29/h10-11,13,15-16,18H,5-9,12,14H2,1-4H3,(H,30,33). The van der Waals surface area contributed by atoms with Crippen molar-refractivity contribution in [2.24, 2.45) is 17.8 Å². The maximum Gasteiger partial charge on any atom is 0.391 e. The van der Waals surface area contributed by atoms with Crippen molar-refractivity contribution in [3.63, 3.8) is 0 Å². The first-order valence-electron chi connectivity index (χ1n) is 11.7. The van der Waals surface area contributed by atoms with Crippen LogP contribution in [0, 0.1) is 30.5 Å². The van der Waals surface area contributed by atoms with Crippen molar-refractivity contribution in [1.29, 1.82) is 0 Å². The number of nitrogens with zero attached hydrogens (tertiary/aromatic N) is 2. The molecular formula is C25H33F4N3O. The minimum Gasteiger partial charge on any atom is -0.350 e. The van der Waals surface area contributed by atoms with Crippen LogP contribution < -0.4 is 5.32 Å². The third-order valence-corrected chi connectivity index (χ3v) is 6.75. The molecule has 0 radical (unpaired) electrons. The van der Waals surface area contributed by atoms with Crippen molar-refractivity contribution in [3.05, 3.63) is 46.8 Å². The Hall–Kier alpha value is -2.38. The van der Waals surface area contributed by atoms with Crippen molar-refractivity contribution < 1.29 is 22.4 Å². The predicted octanol–water partition coefficient (Wildman–Crippen LogP) is 6.18. The summed E-state index contributed by atoms with van der Waals surface area (Å²) in [6.07, 6.45) is 0.387. The molecule has 8 heteroatoms. The van der Waals surface area contributed by atoms with Gasteiger partial charge in [0.05, 0.1) is 17.3 Å². The van der Waals surface area contributed by atoms with Gasteiger partial charge in [0, 0.05) is 13.0 Å². The first kappa shape index (κ1) is 25.2. The van der Waals surface area contributed by atoms with Gasteiger partial charge in [-0.05, 0) is 55.7 Å². The maximum atomic E-state index is 15.0. The van der Waals surface area contributed by atoms with Crippen LogP contribution in [-0.4, -0.2) is 28.2 Å². The number of amides is 1. The molecule has 182 valence electrons. The molecule has 1 aliphatic rings. The zero-order valence-electron chi connectivity index (χ0n) is 19.7. The van der Waals surface area contributed by atoms with E-state index in [2.05, 4.69) is 17.2 Å². The summed E-state index contributed by atoms with van der Waals surface area (Å²) in [4.78, 5) is 17.3. The van der Waals surface area contributed by atoms with Gasteiger partial charge < -0.3 is 5.32 Å². The number of carbonyl (C=O) groups is 1. The summed E-state index contributed by atoms with van der Waals surface area (Å²) in [6, 6.07) is 4.11. The number of carbonyl (C=O) groups excluding carboxylic acids is 1. The fourth-order valence-electron chi connectivity index (χ4n) is 4.51. The van der Waals surface area contributed by atoms with Crippen LogP contribution in [0.2, 0.25) is 0 Å². The van der Waals surface area contributed by atoms with E-state index in [1.165, 1.54) is 25.0 Å². The molecule has 1 aromatic carbocycles. The van der Waals surface area contributed by atoms with Crippen molar-refractivity contribution in [3.8, 4) is 5.69 Å².